The molecule has 2 aromatic heterocycles. The molecule has 0 bridgehead atoms. The molecule has 0 aliphatic heterocycles. The van der Waals surface area contributed by atoms with Crippen LogP contribution < -0.4 is 5.32 Å². The summed E-state index contributed by atoms with van der Waals surface area (Å²) in [6.45, 7) is 4.14. The lowest BCUT2D eigenvalue weighted by atomic mass is 10.2. The van der Waals surface area contributed by atoms with Crippen LogP contribution >= 0.6 is 11.3 Å². The molecule has 0 aliphatic rings. The Morgan fingerprint density at radius 2 is 1.95 bits per heavy atom. The molecule has 0 amide bonds. The highest BCUT2D eigenvalue weighted by atomic mass is 32.1. The van der Waals surface area contributed by atoms with E-state index in [1.54, 1.807) is 11.0 Å². The summed E-state index contributed by atoms with van der Waals surface area (Å²) in [5.74, 6) is 0. The van der Waals surface area contributed by atoms with Crippen molar-refractivity contribution in [3.8, 4) is 16.3 Å². The summed E-state index contributed by atoms with van der Waals surface area (Å²) in [5, 5.41) is 24.4. The van der Waals surface area contributed by atoms with Crippen molar-refractivity contribution < 1.29 is 0 Å². The molecule has 1 N–H and O–H groups in total. The number of nitrogens with zero attached hydrogens (tertiary/aromatic N) is 6. The Morgan fingerprint density at radius 1 is 1.15 bits per heavy atom. The van der Waals surface area contributed by atoms with Gasteiger partial charge in [0.15, 0.2) is 0 Å². The smallest absolute Gasteiger partial charge is 0.206 e. The van der Waals surface area contributed by atoms with Gasteiger partial charge >= 0.3 is 0 Å². The lowest BCUT2D eigenvalue weighted by Gasteiger charge is -2.03. The molecular formula is C12H13N7S. The van der Waals surface area contributed by atoms with Crippen LogP contribution in [0.25, 0.3) is 16.3 Å². The first-order valence-electron chi connectivity index (χ1n) is 6.16. The molecule has 20 heavy (non-hydrogen) atoms. The van der Waals surface area contributed by atoms with Gasteiger partial charge in [-0.3, -0.25) is 0 Å². The van der Waals surface area contributed by atoms with Crippen LogP contribution in [0, 0.1) is 0 Å². The van der Waals surface area contributed by atoms with Crippen LogP contribution in [0.4, 0.5) is 5.13 Å². The zero-order valence-corrected chi connectivity index (χ0v) is 11.9. The molecule has 0 saturated heterocycles. The van der Waals surface area contributed by atoms with E-state index in [0.717, 1.165) is 21.4 Å². The first-order valence-corrected chi connectivity index (χ1v) is 6.98. The Morgan fingerprint density at radius 3 is 2.60 bits per heavy atom. The molecule has 3 rings (SSSR count). The Labute approximate surface area is 119 Å². The highest BCUT2D eigenvalue weighted by molar-refractivity contribution is 7.18. The molecule has 1 aromatic carbocycles. The van der Waals surface area contributed by atoms with Crippen molar-refractivity contribution in [3.63, 3.8) is 0 Å². The quantitative estimate of drug-likeness (QED) is 0.790. The van der Waals surface area contributed by atoms with Gasteiger partial charge in [-0.15, -0.1) is 15.3 Å². The van der Waals surface area contributed by atoms with Crippen molar-refractivity contribution in [1.82, 2.24) is 30.4 Å². The van der Waals surface area contributed by atoms with Crippen molar-refractivity contribution >= 4 is 16.5 Å². The molecular weight excluding hydrogens is 274 g/mol. The number of nitrogens with one attached hydrogen (secondary N) is 1. The lowest BCUT2D eigenvalue weighted by molar-refractivity contribution is 0.789. The van der Waals surface area contributed by atoms with Gasteiger partial charge in [-0.25, -0.2) is 4.68 Å². The predicted molar refractivity (Wildman–Crippen MR) is 76.8 cm³/mol. The zero-order chi connectivity index (χ0) is 13.9. The SMILES string of the molecule is CC(C)Nc1nnc(-c2ccc(-n3cnnn3)cc2)s1. The van der Waals surface area contributed by atoms with Crippen LogP contribution in [0.15, 0.2) is 30.6 Å². The summed E-state index contributed by atoms with van der Waals surface area (Å²) in [5.41, 5.74) is 1.93. The molecule has 0 spiro atoms. The van der Waals surface area contributed by atoms with E-state index in [9.17, 15) is 0 Å². The second kappa shape index (κ2) is 5.33. The van der Waals surface area contributed by atoms with E-state index >= 15 is 0 Å². The standard InChI is InChI=1S/C12H13N7S/c1-8(2)14-12-16-15-11(20-12)9-3-5-10(6-4-9)19-7-13-17-18-19/h3-8H,1-2H3,(H,14,16). The predicted octanol–water partition coefficient (Wildman–Crippen LogP) is 2.00. The summed E-state index contributed by atoms with van der Waals surface area (Å²) < 4.78 is 1.61. The molecule has 0 atom stereocenters. The summed E-state index contributed by atoms with van der Waals surface area (Å²) in [6, 6.07) is 8.21. The van der Waals surface area contributed by atoms with Crippen molar-refractivity contribution in [3.05, 3.63) is 30.6 Å². The largest absolute Gasteiger partial charge is 0.358 e. The van der Waals surface area contributed by atoms with E-state index in [1.807, 2.05) is 24.3 Å². The van der Waals surface area contributed by atoms with Gasteiger partial charge in [0.1, 0.15) is 11.3 Å². The molecule has 7 nitrogen and oxygen atoms in total. The van der Waals surface area contributed by atoms with Gasteiger partial charge in [-0.05, 0) is 48.5 Å². The molecule has 0 unspecified atom stereocenters. The van der Waals surface area contributed by atoms with Crippen molar-refractivity contribution in [2.75, 3.05) is 5.32 Å². The van der Waals surface area contributed by atoms with Crippen LogP contribution in [-0.4, -0.2) is 36.4 Å². The number of aromatic nitrogens is 6. The molecule has 3 aromatic rings. The Kier molecular flexibility index (Phi) is 3.38. The topological polar surface area (TPSA) is 81.4 Å². The third-order valence-electron chi connectivity index (χ3n) is 2.56. The van der Waals surface area contributed by atoms with Crippen LogP contribution in [0.5, 0.6) is 0 Å². The Balaban J connectivity index is 1.82. The van der Waals surface area contributed by atoms with E-state index in [-0.39, 0.29) is 0 Å². The van der Waals surface area contributed by atoms with Crippen LogP contribution in [-0.2, 0) is 0 Å². The average Bonchev–Trinajstić information content (AvgIpc) is 3.09. The minimum Gasteiger partial charge on any atom is -0.358 e. The highest BCUT2D eigenvalue weighted by Gasteiger charge is 2.07. The fourth-order valence-corrected chi connectivity index (χ4v) is 2.58. The Hall–Kier alpha value is -2.35. The van der Waals surface area contributed by atoms with Gasteiger partial charge < -0.3 is 5.32 Å². The maximum Gasteiger partial charge on any atom is 0.206 e. The van der Waals surface area contributed by atoms with Crippen molar-refractivity contribution in [1.29, 1.82) is 0 Å². The maximum atomic E-state index is 4.19. The van der Waals surface area contributed by atoms with E-state index in [2.05, 4.69) is 44.9 Å². The summed E-state index contributed by atoms with van der Waals surface area (Å²) in [4.78, 5) is 0. The molecule has 102 valence electrons. The highest BCUT2D eigenvalue weighted by Crippen LogP contribution is 2.27. The second-order valence-corrected chi connectivity index (χ2v) is 5.49. The van der Waals surface area contributed by atoms with Crippen LogP contribution in [0.1, 0.15) is 13.8 Å². The van der Waals surface area contributed by atoms with E-state index < -0.39 is 0 Å². The van der Waals surface area contributed by atoms with Gasteiger partial charge in [0.25, 0.3) is 0 Å². The number of rotatable bonds is 4. The summed E-state index contributed by atoms with van der Waals surface area (Å²) in [6.07, 6.45) is 1.56. The number of hydrogen-bond donors (Lipinski definition) is 1. The molecule has 0 saturated carbocycles. The number of tetrazole rings is 1. The second-order valence-electron chi connectivity index (χ2n) is 4.51. The fourth-order valence-electron chi connectivity index (χ4n) is 1.68. The summed E-state index contributed by atoms with van der Waals surface area (Å²) >= 11 is 1.54. The number of benzene rings is 1. The molecule has 0 aliphatic carbocycles. The van der Waals surface area contributed by atoms with Crippen LogP contribution in [0.2, 0.25) is 0 Å². The van der Waals surface area contributed by atoms with Gasteiger partial charge in [0.2, 0.25) is 5.13 Å². The zero-order valence-electron chi connectivity index (χ0n) is 11.1. The van der Waals surface area contributed by atoms with Gasteiger partial charge in [-0.2, -0.15) is 0 Å². The fraction of sp³-hybridized carbons (Fsp3) is 0.250. The van der Waals surface area contributed by atoms with E-state index in [0.29, 0.717) is 6.04 Å². The van der Waals surface area contributed by atoms with Crippen molar-refractivity contribution in [2.45, 2.75) is 19.9 Å². The minimum absolute atomic E-state index is 0.345. The van der Waals surface area contributed by atoms with Crippen LogP contribution in [0.3, 0.4) is 0 Å². The summed E-state index contributed by atoms with van der Waals surface area (Å²) in [7, 11) is 0. The molecule has 0 fully saturated rings. The van der Waals surface area contributed by atoms with E-state index in [1.165, 1.54) is 11.3 Å². The lowest BCUT2D eigenvalue weighted by Crippen LogP contribution is -2.08. The molecule has 0 radical (unpaired) electrons. The molecule has 2 heterocycles. The third-order valence-corrected chi connectivity index (χ3v) is 3.47. The monoisotopic (exact) mass is 287 g/mol. The third kappa shape index (κ3) is 2.64. The molecule has 8 heteroatoms. The Bertz CT molecular complexity index is 672. The van der Waals surface area contributed by atoms with Gasteiger partial charge in [-0.1, -0.05) is 11.3 Å². The first kappa shape index (κ1) is 12.7. The van der Waals surface area contributed by atoms with Gasteiger partial charge in [0, 0.05) is 11.6 Å². The van der Waals surface area contributed by atoms with Gasteiger partial charge in [0.05, 0.1) is 5.69 Å². The minimum atomic E-state index is 0.345. The van der Waals surface area contributed by atoms with E-state index in [4.69, 9.17) is 0 Å². The normalized spacial score (nSPS) is 10.9. The first-order chi connectivity index (χ1) is 9.72. The van der Waals surface area contributed by atoms with Crippen molar-refractivity contribution in [2.24, 2.45) is 0 Å². The maximum absolute atomic E-state index is 4.19. The average molecular weight is 287 g/mol. The number of anilines is 1. The number of hydrogen-bond acceptors (Lipinski definition) is 7.